The molecule has 0 saturated heterocycles. The Kier molecular flexibility index (Phi) is 4.24. The topological polar surface area (TPSA) is 55.1 Å². The van der Waals surface area contributed by atoms with Crippen LogP contribution >= 0.6 is 0 Å². The number of carbonyl (C=O) groups excluding carboxylic acids is 1. The number of hydrogen-bond acceptors (Lipinski definition) is 3. The predicted octanol–water partition coefficient (Wildman–Crippen LogP) is 3.89. The molecule has 0 unspecified atom stereocenters. The molecule has 0 atom stereocenters. The zero-order valence-electron chi connectivity index (χ0n) is 13.2. The normalized spacial score (nSPS) is 10.5. The van der Waals surface area contributed by atoms with E-state index in [-0.39, 0.29) is 5.91 Å². The first-order valence-corrected chi connectivity index (χ1v) is 7.50. The molecular formula is C19H18N2O2. The minimum absolute atomic E-state index is 0.107. The molecule has 1 N–H and O–H groups in total. The molecule has 23 heavy (non-hydrogen) atoms. The lowest BCUT2D eigenvalue weighted by Gasteiger charge is -2.06. The van der Waals surface area contributed by atoms with Crippen molar-refractivity contribution in [2.45, 2.75) is 20.4 Å². The first-order chi connectivity index (χ1) is 11.1. The standard InChI is InChI=1S/C19H18N2O2/c1-13-18(14(2)23-21-13)12-20-19(22)17-10-8-16(9-11-17)15-6-4-3-5-7-15/h3-11H,12H2,1-2H3,(H,20,22). The molecule has 4 nitrogen and oxygen atoms in total. The number of hydrogen-bond donors (Lipinski definition) is 1. The van der Waals surface area contributed by atoms with Crippen LogP contribution in [0.4, 0.5) is 0 Å². The van der Waals surface area contributed by atoms with Crippen molar-refractivity contribution in [3.05, 3.63) is 77.2 Å². The van der Waals surface area contributed by atoms with Crippen LogP contribution in [0.1, 0.15) is 27.4 Å². The molecule has 0 saturated carbocycles. The van der Waals surface area contributed by atoms with Crippen molar-refractivity contribution in [3.63, 3.8) is 0 Å². The third-order valence-electron chi connectivity index (χ3n) is 3.86. The van der Waals surface area contributed by atoms with Gasteiger partial charge >= 0.3 is 0 Å². The largest absolute Gasteiger partial charge is 0.361 e. The SMILES string of the molecule is Cc1noc(C)c1CNC(=O)c1ccc(-c2ccccc2)cc1. The van der Waals surface area contributed by atoms with Crippen LogP contribution in [-0.2, 0) is 6.54 Å². The van der Waals surface area contributed by atoms with Crippen molar-refractivity contribution in [1.82, 2.24) is 10.5 Å². The van der Waals surface area contributed by atoms with E-state index in [2.05, 4.69) is 10.5 Å². The van der Waals surface area contributed by atoms with E-state index in [1.165, 1.54) is 0 Å². The summed E-state index contributed by atoms with van der Waals surface area (Å²) in [6, 6.07) is 17.7. The molecule has 3 rings (SSSR count). The van der Waals surface area contributed by atoms with Crippen molar-refractivity contribution < 1.29 is 9.32 Å². The maximum absolute atomic E-state index is 12.2. The minimum atomic E-state index is -0.107. The van der Waals surface area contributed by atoms with Crippen molar-refractivity contribution in [2.75, 3.05) is 0 Å². The Labute approximate surface area is 135 Å². The summed E-state index contributed by atoms with van der Waals surface area (Å²) < 4.78 is 5.10. The smallest absolute Gasteiger partial charge is 0.251 e. The molecule has 3 aromatic rings. The fraction of sp³-hybridized carbons (Fsp3) is 0.158. The molecule has 0 aliphatic rings. The van der Waals surface area contributed by atoms with Gasteiger partial charge in [-0.15, -0.1) is 0 Å². The average Bonchev–Trinajstić information content (AvgIpc) is 2.92. The molecule has 1 heterocycles. The number of rotatable bonds is 4. The van der Waals surface area contributed by atoms with Gasteiger partial charge in [-0.05, 0) is 37.1 Å². The Morgan fingerprint density at radius 2 is 1.65 bits per heavy atom. The van der Waals surface area contributed by atoms with Gasteiger partial charge in [0.15, 0.2) is 0 Å². The predicted molar refractivity (Wildman–Crippen MR) is 89.0 cm³/mol. The number of nitrogens with zero attached hydrogens (tertiary/aromatic N) is 1. The van der Waals surface area contributed by atoms with Gasteiger partial charge in [-0.1, -0.05) is 47.6 Å². The molecule has 0 spiro atoms. The highest BCUT2D eigenvalue weighted by molar-refractivity contribution is 5.94. The van der Waals surface area contributed by atoms with E-state index in [0.29, 0.717) is 12.1 Å². The van der Waals surface area contributed by atoms with E-state index in [4.69, 9.17) is 4.52 Å². The lowest BCUT2D eigenvalue weighted by molar-refractivity contribution is 0.0951. The van der Waals surface area contributed by atoms with Gasteiger partial charge in [-0.25, -0.2) is 0 Å². The molecule has 2 aromatic carbocycles. The summed E-state index contributed by atoms with van der Waals surface area (Å²) in [6.07, 6.45) is 0. The molecule has 0 aliphatic carbocycles. The van der Waals surface area contributed by atoms with E-state index in [1.54, 1.807) is 0 Å². The monoisotopic (exact) mass is 306 g/mol. The summed E-state index contributed by atoms with van der Waals surface area (Å²) in [4.78, 5) is 12.2. The molecule has 4 heteroatoms. The van der Waals surface area contributed by atoms with Gasteiger partial charge in [0, 0.05) is 17.7 Å². The Bertz CT molecular complexity index is 786. The van der Waals surface area contributed by atoms with Crippen molar-refractivity contribution in [1.29, 1.82) is 0 Å². The quantitative estimate of drug-likeness (QED) is 0.795. The van der Waals surface area contributed by atoms with Crippen LogP contribution in [0.3, 0.4) is 0 Å². The summed E-state index contributed by atoms with van der Waals surface area (Å²) in [6.45, 7) is 4.13. The maximum Gasteiger partial charge on any atom is 0.251 e. The minimum Gasteiger partial charge on any atom is -0.361 e. The molecular weight excluding hydrogens is 288 g/mol. The van der Waals surface area contributed by atoms with Crippen LogP contribution in [0.15, 0.2) is 59.1 Å². The highest BCUT2D eigenvalue weighted by Gasteiger charge is 2.11. The molecule has 1 aromatic heterocycles. The number of amides is 1. The van der Waals surface area contributed by atoms with Crippen molar-refractivity contribution >= 4 is 5.91 Å². The Morgan fingerprint density at radius 1 is 1.00 bits per heavy atom. The first-order valence-electron chi connectivity index (χ1n) is 7.50. The van der Waals surface area contributed by atoms with Gasteiger partial charge in [0.2, 0.25) is 0 Å². The van der Waals surface area contributed by atoms with E-state index >= 15 is 0 Å². The van der Waals surface area contributed by atoms with Crippen LogP contribution in [0.25, 0.3) is 11.1 Å². The molecule has 0 radical (unpaired) electrons. The highest BCUT2D eigenvalue weighted by atomic mass is 16.5. The zero-order chi connectivity index (χ0) is 16.2. The van der Waals surface area contributed by atoms with E-state index in [0.717, 1.165) is 28.1 Å². The van der Waals surface area contributed by atoms with Gasteiger partial charge in [0.25, 0.3) is 5.91 Å². The fourth-order valence-electron chi connectivity index (χ4n) is 2.47. The maximum atomic E-state index is 12.2. The summed E-state index contributed by atoms with van der Waals surface area (Å²) in [5.74, 6) is 0.631. The van der Waals surface area contributed by atoms with Crippen LogP contribution in [0, 0.1) is 13.8 Å². The third-order valence-corrected chi connectivity index (χ3v) is 3.86. The summed E-state index contributed by atoms with van der Waals surface area (Å²) in [5, 5.41) is 6.79. The van der Waals surface area contributed by atoms with Gasteiger partial charge in [-0.3, -0.25) is 4.79 Å². The van der Waals surface area contributed by atoms with Gasteiger partial charge < -0.3 is 9.84 Å². The molecule has 116 valence electrons. The third kappa shape index (κ3) is 3.31. The average molecular weight is 306 g/mol. The van der Waals surface area contributed by atoms with Crippen LogP contribution in [0.2, 0.25) is 0 Å². The second-order valence-electron chi connectivity index (χ2n) is 5.43. The number of aromatic nitrogens is 1. The molecule has 0 fully saturated rings. The van der Waals surface area contributed by atoms with E-state index in [1.807, 2.05) is 68.4 Å². The zero-order valence-corrected chi connectivity index (χ0v) is 13.2. The van der Waals surface area contributed by atoms with Crippen LogP contribution in [0.5, 0.6) is 0 Å². The van der Waals surface area contributed by atoms with Gasteiger partial charge in [0.1, 0.15) is 5.76 Å². The number of carbonyl (C=O) groups is 1. The first kappa shape index (κ1) is 15.0. The van der Waals surface area contributed by atoms with Crippen molar-refractivity contribution in [3.8, 4) is 11.1 Å². The second kappa shape index (κ2) is 6.48. The summed E-state index contributed by atoms with van der Waals surface area (Å²) in [5.41, 5.74) is 4.60. The molecule has 0 aliphatic heterocycles. The van der Waals surface area contributed by atoms with Gasteiger partial charge in [0.05, 0.1) is 5.69 Å². The van der Waals surface area contributed by atoms with Crippen LogP contribution in [-0.4, -0.2) is 11.1 Å². The van der Waals surface area contributed by atoms with E-state index in [9.17, 15) is 4.79 Å². The summed E-state index contributed by atoms with van der Waals surface area (Å²) >= 11 is 0. The molecule has 1 amide bonds. The fourth-order valence-corrected chi connectivity index (χ4v) is 2.47. The summed E-state index contributed by atoms with van der Waals surface area (Å²) in [7, 11) is 0. The second-order valence-corrected chi connectivity index (χ2v) is 5.43. The number of nitrogens with one attached hydrogen (secondary N) is 1. The van der Waals surface area contributed by atoms with Gasteiger partial charge in [-0.2, -0.15) is 0 Å². The van der Waals surface area contributed by atoms with Crippen LogP contribution < -0.4 is 5.32 Å². The van der Waals surface area contributed by atoms with Crippen molar-refractivity contribution in [2.24, 2.45) is 0 Å². The lowest BCUT2D eigenvalue weighted by atomic mass is 10.0. The lowest BCUT2D eigenvalue weighted by Crippen LogP contribution is -2.23. The Balaban J connectivity index is 1.69. The Hall–Kier alpha value is -2.88. The Morgan fingerprint density at radius 3 is 2.26 bits per heavy atom. The molecule has 0 bridgehead atoms. The highest BCUT2D eigenvalue weighted by Crippen LogP contribution is 2.19. The number of aryl methyl sites for hydroxylation is 2. The van der Waals surface area contributed by atoms with E-state index < -0.39 is 0 Å². The number of benzene rings is 2.